The van der Waals surface area contributed by atoms with Crippen molar-refractivity contribution in [1.29, 1.82) is 0 Å². The molecule has 1 aromatic rings. The van der Waals surface area contributed by atoms with Crippen molar-refractivity contribution in [3.63, 3.8) is 0 Å². The Labute approximate surface area is 110 Å². The van der Waals surface area contributed by atoms with Crippen molar-refractivity contribution in [2.24, 2.45) is 11.8 Å². The van der Waals surface area contributed by atoms with Crippen molar-refractivity contribution >= 4 is 27.5 Å². The van der Waals surface area contributed by atoms with Crippen molar-refractivity contribution in [2.75, 3.05) is 6.61 Å². The van der Waals surface area contributed by atoms with Crippen LogP contribution in [0.1, 0.15) is 31.2 Å². The number of halogens is 2. The molecule has 0 radical (unpaired) electrons. The van der Waals surface area contributed by atoms with E-state index in [2.05, 4.69) is 35.0 Å². The summed E-state index contributed by atoms with van der Waals surface area (Å²) in [5.41, 5.74) is 1.19. The second-order valence-electron chi connectivity index (χ2n) is 4.40. The van der Waals surface area contributed by atoms with E-state index in [1.54, 1.807) is 0 Å². The number of rotatable bonds is 4. The highest BCUT2D eigenvalue weighted by Crippen LogP contribution is 2.50. The average Bonchev–Trinajstić information content (AvgIpc) is 2.98. The molecule has 3 heteroatoms. The highest BCUT2D eigenvalue weighted by atomic mass is 79.9. The molecule has 0 spiro atoms. The predicted octanol–water partition coefficient (Wildman–Crippen LogP) is 4.78. The lowest BCUT2D eigenvalue weighted by Crippen LogP contribution is -1.97. The molecule has 2 rings (SSSR count). The van der Waals surface area contributed by atoms with Crippen LogP contribution in [0.5, 0.6) is 5.75 Å². The van der Waals surface area contributed by atoms with Crippen LogP contribution in [0, 0.1) is 11.8 Å². The second kappa shape index (κ2) is 4.97. The fraction of sp³-hybridized carbons (Fsp3) is 0.538. The van der Waals surface area contributed by atoms with E-state index in [1.807, 2.05) is 13.0 Å². The zero-order valence-electron chi connectivity index (χ0n) is 9.54. The first-order valence-corrected chi connectivity index (χ1v) is 6.92. The van der Waals surface area contributed by atoms with E-state index in [-0.39, 0.29) is 5.38 Å². The minimum atomic E-state index is 0.141. The highest BCUT2D eigenvalue weighted by molar-refractivity contribution is 9.10. The number of benzene rings is 1. The lowest BCUT2D eigenvalue weighted by Gasteiger charge is -2.12. The number of alkyl halides is 1. The van der Waals surface area contributed by atoms with E-state index >= 15 is 0 Å². The Balaban J connectivity index is 2.14. The van der Waals surface area contributed by atoms with Crippen molar-refractivity contribution < 1.29 is 4.74 Å². The van der Waals surface area contributed by atoms with Gasteiger partial charge in [-0.3, -0.25) is 0 Å². The summed E-state index contributed by atoms with van der Waals surface area (Å²) in [6, 6.07) is 6.14. The number of ether oxygens (including phenoxy) is 1. The van der Waals surface area contributed by atoms with E-state index in [9.17, 15) is 0 Å². The molecule has 0 aromatic heterocycles. The van der Waals surface area contributed by atoms with Crippen LogP contribution in [-0.2, 0) is 0 Å². The van der Waals surface area contributed by atoms with E-state index in [0.717, 1.165) is 16.1 Å². The maximum atomic E-state index is 6.44. The molecule has 0 heterocycles. The summed E-state index contributed by atoms with van der Waals surface area (Å²) in [5.74, 6) is 2.30. The predicted molar refractivity (Wildman–Crippen MR) is 71.2 cm³/mol. The molecule has 1 saturated carbocycles. The maximum Gasteiger partial charge on any atom is 0.133 e. The Morgan fingerprint density at radius 1 is 1.56 bits per heavy atom. The lowest BCUT2D eigenvalue weighted by molar-refractivity contribution is 0.338. The minimum absolute atomic E-state index is 0.141. The van der Waals surface area contributed by atoms with Crippen molar-refractivity contribution in [1.82, 2.24) is 0 Å². The summed E-state index contributed by atoms with van der Waals surface area (Å²) in [4.78, 5) is 0. The fourth-order valence-electron chi connectivity index (χ4n) is 1.97. The van der Waals surface area contributed by atoms with E-state index < -0.39 is 0 Å². The van der Waals surface area contributed by atoms with Crippen LogP contribution in [-0.4, -0.2) is 6.61 Å². The normalized spacial score (nSPS) is 25.2. The fourth-order valence-corrected chi connectivity index (χ4v) is 2.96. The van der Waals surface area contributed by atoms with Gasteiger partial charge in [-0.05, 0) is 58.8 Å². The molecule has 1 nitrogen and oxygen atoms in total. The van der Waals surface area contributed by atoms with E-state index in [1.165, 1.54) is 12.0 Å². The van der Waals surface area contributed by atoms with Crippen LogP contribution in [0.15, 0.2) is 22.7 Å². The lowest BCUT2D eigenvalue weighted by atomic mass is 10.1. The maximum absolute atomic E-state index is 6.44. The monoisotopic (exact) mass is 302 g/mol. The molecule has 3 unspecified atom stereocenters. The molecule has 0 amide bonds. The number of hydrogen-bond acceptors (Lipinski definition) is 1. The summed E-state index contributed by atoms with van der Waals surface area (Å²) in [6.07, 6.45) is 1.25. The largest absolute Gasteiger partial charge is 0.493 e. The Hall–Kier alpha value is -0.210. The third kappa shape index (κ3) is 2.54. The van der Waals surface area contributed by atoms with Gasteiger partial charge in [-0.25, -0.2) is 0 Å². The molecule has 0 aliphatic heterocycles. The van der Waals surface area contributed by atoms with Gasteiger partial charge in [-0.1, -0.05) is 13.0 Å². The van der Waals surface area contributed by atoms with Gasteiger partial charge in [0.1, 0.15) is 5.75 Å². The van der Waals surface area contributed by atoms with Gasteiger partial charge in [0.25, 0.3) is 0 Å². The zero-order chi connectivity index (χ0) is 11.7. The van der Waals surface area contributed by atoms with E-state index in [0.29, 0.717) is 12.5 Å². The third-order valence-electron chi connectivity index (χ3n) is 3.12. The molecule has 0 bridgehead atoms. The van der Waals surface area contributed by atoms with Gasteiger partial charge in [-0.15, -0.1) is 11.6 Å². The summed E-state index contributed by atoms with van der Waals surface area (Å²) < 4.78 is 6.47. The molecule has 1 aliphatic carbocycles. The summed E-state index contributed by atoms with van der Waals surface area (Å²) in [6.45, 7) is 4.92. The standard InChI is InChI=1S/C13H16BrClO/c1-3-16-12-5-4-9(7-11(12)14)13(15)10-6-8(10)2/h4-5,7-8,10,13H,3,6H2,1-2H3. The van der Waals surface area contributed by atoms with Crippen LogP contribution in [0.2, 0.25) is 0 Å². The van der Waals surface area contributed by atoms with Crippen LogP contribution in [0.3, 0.4) is 0 Å². The molecule has 16 heavy (non-hydrogen) atoms. The summed E-state index contributed by atoms with van der Waals surface area (Å²) >= 11 is 9.96. The SMILES string of the molecule is CCOc1ccc(C(Cl)C2CC2C)cc1Br. The number of hydrogen-bond donors (Lipinski definition) is 0. The summed E-state index contributed by atoms with van der Waals surface area (Å²) in [5, 5.41) is 0.141. The molecule has 1 aliphatic rings. The van der Waals surface area contributed by atoms with Gasteiger partial charge in [0.15, 0.2) is 0 Å². The molecule has 1 fully saturated rings. The Kier molecular flexibility index (Phi) is 3.81. The van der Waals surface area contributed by atoms with Crippen LogP contribution >= 0.6 is 27.5 Å². The highest BCUT2D eigenvalue weighted by Gasteiger charge is 2.39. The first-order chi connectivity index (χ1) is 7.63. The first kappa shape index (κ1) is 12.3. The van der Waals surface area contributed by atoms with Gasteiger partial charge < -0.3 is 4.74 Å². The molecule has 0 saturated heterocycles. The van der Waals surface area contributed by atoms with Gasteiger partial charge in [0.2, 0.25) is 0 Å². The van der Waals surface area contributed by atoms with Gasteiger partial charge in [0.05, 0.1) is 16.5 Å². The zero-order valence-corrected chi connectivity index (χ0v) is 11.9. The third-order valence-corrected chi connectivity index (χ3v) is 4.32. The quantitative estimate of drug-likeness (QED) is 0.727. The smallest absolute Gasteiger partial charge is 0.133 e. The van der Waals surface area contributed by atoms with Crippen LogP contribution in [0.25, 0.3) is 0 Å². The average molecular weight is 304 g/mol. The first-order valence-electron chi connectivity index (χ1n) is 5.69. The van der Waals surface area contributed by atoms with Crippen LogP contribution < -0.4 is 4.74 Å². The van der Waals surface area contributed by atoms with Gasteiger partial charge in [0, 0.05) is 0 Å². The minimum Gasteiger partial charge on any atom is -0.493 e. The molecule has 1 aromatic carbocycles. The molecular weight excluding hydrogens is 287 g/mol. The van der Waals surface area contributed by atoms with E-state index in [4.69, 9.17) is 16.3 Å². The van der Waals surface area contributed by atoms with Crippen molar-refractivity contribution in [2.45, 2.75) is 25.6 Å². The van der Waals surface area contributed by atoms with Crippen molar-refractivity contribution in [3.05, 3.63) is 28.2 Å². The molecule has 0 N–H and O–H groups in total. The van der Waals surface area contributed by atoms with Crippen LogP contribution in [0.4, 0.5) is 0 Å². The topological polar surface area (TPSA) is 9.23 Å². The van der Waals surface area contributed by atoms with Gasteiger partial charge >= 0.3 is 0 Å². The Morgan fingerprint density at radius 2 is 2.25 bits per heavy atom. The molecule has 88 valence electrons. The second-order valence-corrected chi connectivity index (χ2v) is 5.73. The molecule has 3 atom stereocenters. The Bertz CT molecular complexity index is 380. The van der Waals surface area contributed by atoms with Gasteiger partial charge in [-0.2, -0.15) is 0 Å². The molecular formula is C13H16BrClO. The summed E-state index contributed by atoms with van der Waals surface area (Å²) in [7, 11) is 0. The Morgan fingerprint density at radius 3 is 2.75 bits per heavy atom. The van der Waals surface area contributed by atoms with Crippen molar-refractivity contribution in [3.8, 4) is 5.75 Å².